The maximum absolute atomic E-state index is 10.7. The third-order valence-electron chi connectivity index (χ3n) is 5.90. The summed E-state index contributed by atoms with van der Waals surface area (Å²) in [6.45, 7) is 33.9. The van der Waals surface area contributed by atoms with Gasteiger partial charge in [-0.3, -0.25) is 19.2 Å². The highest BCUT2D eigenvalue weighted by atomic mass is 16.6. The molecular formula is C36H54N6O2. The maximum Gasteiger partial charge on any atom is 0.272 e. The Morgan fingerprint density at radius 2 is 1.07 bits per heavy atom. The number of nitro groups is 1. The zero-order valence-electron chi connectivity index (χ0n) is 28.3. The Morgan fingerprint density at radius 1 is 0.682 bits per heavy atom. The standard InChI is InChI=1S/C14H15N3.C13H11N3O2.4C2H6.CH4/c1-10-9-11(5-6-12(10)15-2)13-7-8-14(16-3)17(13)4;1-9-8-10(4-5-11(9)16(17)18)12-6-7-13(14-2)15(12)3;4*1-2;/h5-9,15H,1-2,4H3;4-8H,1,3H3;4*1-2H3;1H4. The van der Waals surface area contributed by atoms with Gasteiger partial charge in [-0.25, -0.2) is 0 Å². The van der Waals surface area contributed by atoms with Gasteiger partial charge >= 0.3 is 0 Å². The smallest absolute Gasteiger partial charge is 0.272 e. The van der Waals surface area contributed by atoms with Crippen molar-refractivity contribution in [3.8, 4) is 22.5 Å². The molecule has 0 radical (unpaired) electrons. The third-order valence-corrected chi connectivity index (χ3v) is 5.90. The van der Waals surface area contributed by atoms with Gasteiger partial charge < -0.3 is 15.0 Å². The molecule has 0 amide bonds. The molecule has 0 aliphatic heterocycles. The summed E-state index contributed by atoms with van der Waals surface area (Å²) < 4.78 is 3.69. The summed E-state index contributed by atoms with van der Waals surface area (Å²) in [6.07, 6.45) is 0. The summed E-state index contributed by atoms with van der Waals surface area (Å²) in [5.41, 5.74) is 7.01. The zero-order valence-corrected chi connectivity index (χ0v) is 28.3. The Labute approximate surface area is 267 Å². The van der Waals surface area contributed by atoms with E-state index in [1.54, 1.807) is 36.7 Å². The van der Waals surface area contributed by atoms with Crippen molar-refractivity contribution in [2.75, 3.05) is 12.4 Å². The van der Waals surface area contributed by atoms with Crippen molar-refractivity contribution in [3.63, 3.8) is 0 Å². The first kappa shape index (κ1) is 43.6. The van der Waals surface area contributed by atoms with Crippen LogP contribution in [0.1, 0.15) is 73.9 Å². The molecule has 0 atom stereocenters. The van der Waals surface area contributed by atoms with Gasteiger partial charge in [-0.2, -0.15) is 0 Å². The molecule has 0 bridgehead atoms. The van der Waals surface area contributed by atoms with Crippen LogP contribution < -0.4 is 5.32 Å². The fourth-order valence-electron chi connectivity index (χ4n) is 3.93. The maximum atomic E-state index is 10.7. The number of rotatable bonds is 4. The van der Waals surface area contributed by atoms with E-state index in [1.165, 1.54) is 11.6 Å². The zero-order chi connectivity index (χ0) is 33.7. The largest absolute Gasteiger partial charge is 0.388 e. The van der Waals surface area contributed by atoms with Crippen molar-refractivity contribution >= 4 is 23.0 Å². The van der Waals surface area contributed by atoms with E-state index in [4.69, 9.17) is 13.1 Å². The van der Waals surface area contributed by atoms with Crippen molar-refractivity contribution in [2.45, 2.75) is 76.7 Å². The molecule has 2 aromatic carbocycles. The third kappa shape index (κ3) is 11.5. The molecule has 8 heteroatoms. The van der Waals surface area contributed by atoms with Gasteiger partial charge in [-0.15, -0.1) is 0 Å². The van der Waals surface area contributed by atoms with Gasteiger partial charge in [0, 0.05) is 35.5 Å². The Morgan fingerprint density at radius 3 is 1.36 bits per heavy atom. The fourth-order valence-corrected chi connectivity index (χ4v) is 3.93. The van der Waals surface area contributed by atoms with Crippen LogP contribution >= 0.6 is 0 Å². The van der Waals surface area contributed by atoms with Crippen molar-refractivity contribution < 1.29 is 4.92 Å². The molecule has 8 nitrogen and oxygen atoms in total. The number of hydrogen-bond donors (Lipinski definition) is 1. The molecule has 0 saturated heterocycles. The lowest BCUT2D eigenvalue weighted by Gasteiger charge is -2.07. The molecule has 4 rings (SSSR count). The number of hydrogen-bond acceptors (Lipinski definition) is 3. The molecule has 0 unspecified atom stereocenters. The van der Waals surface area contributed by atoms with Crippen molar-refractivity contribution in [2.24, 2.45) is 14.1 Å². The van der Waals surface area contributed by atoms with Gasteiger partial charge in [-0.05, 0) is 74.0 Å². The number of aryl methyl sites for hydroxylation is 2. The second kappa shape index (κ2) is 23.7. The molecule has 1 N–H and O–H groups in total. The van der Waals surface area contributed by atoms with E-state index in [0.717, 1.165) is 28.2 Å². The monoisotopic (exact) mass is 602 g/mol. The summed E-state index contributed by atoms with van der Waals surface area (Å²) in [6, 6.07) is 18.6. The normalized spacial score (nSPS) is 8.52. The van der Waals surface area contributed by atoms with Crippen molar-refractivity contribution in [3.05, 3.63) is 105 Å². The molecule has 0 fully saturated rings. The van der Waals surface area contributed by atoms with Crippen molar-refractivity contribution in [1.29, 1.82) is 0 Å². The number of nitro benzene ring substituents is 1. The van der Waals surface area contributed by atoms with Gasteiger partial charge in [0.2, 0.25) is 11.6 Å². The lowest BCUT2D eigenvalue weighted by Crippen LogP contribution is -1.94. The van der Waals surface area contributed by atoms with E-state index in [2.05, 4.69) is 40.1 Å². The second-order valence-electron chi connectivity index (χ2n) is 8.03. The summed E-state index contributed by atoms with van der Waals surface area (Å²) in [5.74, 6) is 1.20. The molecule has 2 heterocycles. The highest BCUT2D eigenvalue weighted by molar-refractivity contribution is 5.69. The SMILES string of the molecule is C.CC.CC.CC.CC.[C-]#[N+]c1ccc(-c2ccc(NC)c(C)c2)n1C.[C-]#[N+]c1ccc(-c2ccc([N+](=O)[O-])c(C)c2)n1C. The predicted octanol–water partition coefficient (Wildman–Crippen LogP) is 11.8. The number of benzene rings is 2. The first-order valence-electron chi connectivity index (χ1n) is 14.8. The topological polar surface area (TPSA) is 73.8 Å². The number of aromatic nitrogens is 2. The van der Waals surface area contributed by atoms with Crippen molar-refractivity contribution in [1.82, 2.24) is 9.13 Å². The molecule has 0 spiro atoms. The fraction of sp³-hybridized carbons (Fsp3) is 0.389. The van der Waals surface area contributed by atoms with Gasteiger partial charge in [-0.1, -0.05) is 76.0 Å². The predicted molar refractivity (Wildman–Crippen MR) is 192 cm³/mol. The van der Waals surface area contributed by atoms with Crippen LogP contribution in [0.3, 0.4) is 0 Å². The van der Waals surface area contributed by atoms with Gasteiger partial charge in [0.15, 0.2) is 0 Å². The minimum Gasteiger partial charge on any atom is -0.388 e. The summed E-state index contributed by atoms with van der Waals surface area (Å²) in [7, 11) is 5.64. The second-order valence-corrected chi connectivity index (χ2v) is 8.03. The van der Waals surface area contributed by atoms with Crippen LogP contribution in [0.15, 0.2) is 60.7 Å². The Bertz CT molecular complexity index is 1480. The summed E-state index contributed by atoms with van der Waals surface area (Å²) in [4.78, 5) is 17.2. The minimum atomic E-state index is -0.394. The summed E-state index contributed by atoms with van der Waals surface area (Å²) in [5, 5.41) is 13.9. The van der Waals surface area contributed by atoms with Gasteiger partial charge in [0.1, 0.15) is 11.4 Å². The highest BCUT2D eigenvalue weighted by Gasteiger charge is 2.14. The van der Waals surface area contributed by atoms with Crippen LogP contribution in [-0.4, -0.2) is 21.1 Å². The molecule has 4 aromatic rings. The summed E-state index contributed by atoms with van der Waals surface area (Å²) >= 11 is 0. The first-order chi connectivity index (χ1) is 20.7. The quantitative estimate of drug-likeness (QED) is 0.143. The molecule has 0 saturated carbocycles. The van der Waals surface area contributed by atoms with Gasteiger partial charge in [0.25, 0.3) is 5.69 Å². The highest BCUT2D eigenvalue weighted by Crippen LogP contribution is 2.30. The molecule has 2 aromatic heterocycles. The molecule has 240 valence electrons. The molecule has 0 aliphatic carbocycles. The van der Waals surface area contributed by atoms with E-state index in [1.807, 2.05) is 92.3 Å². The number of anilines is 1. The van der Waals surface area contributed by atoms with E-state index < -0.39 is 4.92 Å². The Balaban J connectivity index is -0.000000612. The molecule has 44 heavy (non-hydrogen) atoms. The minimum absolute atomic E-state index is 0. The van der Waals surface area contributed by atoms with E-state index in [-0.39, 0.29) is 13.1 Å². The van der Waals surface area contributed by atoms with E-state index in [0.29, 0.717) is 17.2 Å². The van der Waals surface area contributed by atoms with E-state index in [9.17, 15) is 10.1 Å². The first-order valence-corrected chi connectivity index (χ1v) is 14.8. The van der Waals surface area contributed by atoms with Crippen LogP contribution in [0, 0.1) is 37.1 Å². The van der Waals surface area contributed by atoms with Crippen LogP contribution in [0.5, 0.6) is 0 Å². The average molecular weight is 603 g/mol. The lowest BCUT2D eigenvalue weighted by molar-refractivity contribution is -0.385. The molecular weight excluding hydrogens is 548 g/mol. The van der Waals surface area contributed by atoms with Crippen LogP contribution in [0.4, 0.5) is 23.0 Å². The average Bonchev–Trinajstić information content (AvgIpc) is 3.62. The van der Waals surface area contributed by atoms with Crippen LogP contribution in [-0.2, 0) is 14.1 Å². The van der Waals surface area contributed by atoms with E-state index >= 15 is 0 Å². The van der Waals surface area contributed by atoms with Gasteiger partial charge in [0.05, 0.1) is 19.0 Å². The Hall–Kier alpha value is -4.82. The number of nitrogens with zero attached hydrogens (tertiary/aromatic N) is 5. The van der Waals surface area contributed by atoms with Crippen LogP contribution in [0.2, 0.25) is 0 Å². The Kier molecular flexibility index (Phi) is 23.5. The number of nitrogens with one attached hydrogen (secondary N) is 1. The molecule has 0 aliphatic rings. The lowest BCUT2D eigenvalue weighted by atomic mass is 10.1. The van der Waals surface area contributed by atoms with Crippen LogP contribution in [0.25, 0.3) is 32.2 Å².